The number of hydrogen-bond donors (Lipinski definition) is 0. The molecule has 17 heteroatoms. The molecule has 3 atom stereocenters. The van der Waals surface area contributed by atoms with Gasteiger partial charge in [-0.15, -0.1) is 0 Å². The molecule has 3 aromatic rings. The van der Waals surface area contributed by atoms with Crippen LogP contribution in [-0.4, -0.2) is 56.7 Å². The third-order valence-electron chi connectivity index (χ3n) is 6.62. The van der Waals surface area contributed by atoms with Crippen LogP contribution in [0, 0.1) is 11.3 Å². The fourth-order valence-electron chi connectivity index (χ4n) is 4.49. The fourth-order valence-corrected chi connectivity index (χ4v) is 6.26. The first-order chi connectivity index (χ1) is 19.5. The number of carbonyl (C=O) groups excluding carboxylic acids is 1. The van der Waals surface area contributed by atoms with E-state index in [0.717, 1.165) is 36.8 Å². The van der Waals surface area contributed by atoms with Crippen LogP contribution in [0.5, 0.6) is 0 Å². The number of nitrogens with zero attached hydrogens (tertiary/aromatic N) is 6. The summed E-state index contributed by atoms with van der Waals surface area (Å²) in [7, 11) is -4.49. The zero-order valence-electron chi connectivity index (χ0n) is 21.4. The van der Waals surface area contributed by atoms with Gasteiger partial charge < -0.3 is 0 Å². The van der Waals surface area contributed by atoms with Crippen molar-refractivity contribution in [1.82, 2.24) is 24.2 Å². The Kier molecular flexibility index (Phi) is 8.33. The van der Waals surface area contributed by atoms with Gasteiger partial charge in [-0.05, 0) is 37.1 Å². The second kappa shape index (κ2) is 11.3. The van der Waals surface area contributed by atoms with E-state index in [9.17, 15) is 43.9 Å². The minimum atomic E-state index is -4.91. The molecule has 3 aromatic heterocycles. The van der Waals surface area contributed by atoms with Gasteiger partial charge in [-0.25, -0.2) is 27.8 Å². The molecule has 0 unspecified atom stereocenters. The Morgan fingerprint density at radius 3 is 2.24 bits per heavy atom. The quantitative estimate of drug-likeness (QED) is 0.354. The molecule has 0 amide bonds. The van der Waals surface area contributed by atoms with Crippen molar-refractivity contribution in [1.29, 1.82) is 5.26 Å². The largest absolute Gasteiger partial charge is 0.451 e. The number of Topliss-reactive ketones (excluding diaryl/α,β-unsaturated/α-hetero) is 1. The highest BCUT2D eigenvalue weighted by atomic mass is 32.2. The number of ketones is 1. The maximum atomic E-state index is 14.7. The SMILES string of the molecule is C[C@H]1[C@H](F)C[C@@H](C(=O)CCc2cc(-c3cnc(C(F)(F)F)nc3)ncc2C(F)(F)F)N1S(=O)(=O)c1ccc(C#N)nc1. The molecule has 0 saturated carbocycles. The van der Waals surface area contributed by atoms with Crippen molar-refractivity contribution in [3.05, 3.63) is 65.6 Å². The van der Waals surface area contributed by atoms with Crippen molar-refractivity contribution in [3.63, 3.8) is 0 Å². The van der Waals surface area contributed by atoms with Crippen molar-refractivity contribution in [2.75, 3.05) is 0 Å². The fraction of sp³-hybridized carbons (Fsp3) is 0.360. The summed E-state index contributed by atoms with van der Waals surface area (Å²) < 4.78 is 121. The highest BCUT2D eigenvalue weighted by Gasteiger charge is 2.49. The predicted molar refractivity (Wildman–Crippen MR) is 129 cm³/mol. The summed E-state index contributed by atoms with van der Waals surface area (Å²) in [6.45, 7) is 1.25. The summed E-state index contributed by atoms with van der Waals surface area (Å²) in [4.78, 5) is 26.4. The van der Waals surface area contributed by atoms with E-state index in [1.54, 1.807) is 6.07 Å². The minimum Gasteiger partial charge on any atom is -0.298 e. The van der Waals surface area contributed by atoms with Gasteiger partial charge in [-0.3, -0.25) is 9.78 Å². The Labute approximate surface area is 234 Å². The van der Waals surface area contributed by atoms with Crippen LogP contribution in [0.2, 0.25) is 0 Å². The number of alkyl halides is 7. The van der Waals surface area contributed by atoms with Gasteiger partial charge in [0.05, 0.1) is 23.3 Å². The first-order valence-corrected chi connectivity index (χ1v) is 13.5. The number of halogens is 7. The molecule has 0 aliphatic carbocycles. The van der Waals surface area contributed by atoms with E-state index in [0.29, 0.717) is 10.5 Å². The number of sulfonamides is 1. The van der Waals surface area contributed by atoms with Crippen molar-refractivity contribution in [2.45, 2.75) is 61.7 Å². The van der Waals surface area contributed by atoms with Gasteiger partial charge >= 0.3 is 12.4 Å². The number of pyridine rings is 2. The minimum absolute atomic E-state index is 0.0838. The zero-order chi connectivity index (χ0) is 31.0. The summed E-state index contributed by atoms with van der Waals surface area (Å²) in [5, 5.41) is 8.89. The Bertz CT molecular complexity index is 1620. The molecule has 1 fully saturated rings. The number of aromatic nitrogens is 4. The molecule has 4 heterocycles. The van der Waals surface area contributed by atoms with E-state index in [4.69, 9.17) is 5.26 Å². The standard InChI is InChI=1S/C25H19F7N6O3S/c1-13-19(26)7-21(38(13)42(40,41)17-4-3-16(8-33)34-11-17)22(39)5-2-14-6-20(35-12-18(14)24(27,28)29)15-9-36-23(37-10-15)25(30,31)32/h3-4,6,9-13,19,21H,2,5,7H2,1H3/t13-,19+,21-/m0/s1. The molecule has 42 heavy (non-hydrogen) atoms. The van der Waals surface area contributed by atoms with E-state index in [1.165, 1.54) is 6.92 Å². The van der Waals surface area contributed by atoms with Crippen molar-refractivity contribution in [2.24, 2.45) is 0 Å². The summed E-state index contributed by atoms with van der Waals surface area (Å²) >= 11 is 0. The average Bonchev–Trinajstić information content (AvgIpc) is 3.25. The molecule has 0 N–H and O–H groups in total. The molecule has 9 nitrogen and oxygen atoms in total. The summed E-state index contributed by atoms with van der Waals surface area (Å²) in [6, 6.07) is 2.02. The highest BCUT2D eigenvalue weighted by Crippen LogP contribution is 2.36. The number of aryl methyl sites for hydroxylation is 1. The third-order valence-corrected chi connectivity index (χ3v) is 8.59. The van der Waals surface area contributed by atoms with Gasteiger partial charge in [-0.2, -0.15) is 35.9 Å². The van der Waals surface area contributed by atoms with Crippen molar-refractivity contribution in [3.8, 4) is 17.3 Å². The molecular formula is C25H19F7N6O3S. The van der Waals surface area contributed by atoms with Gasteiger partial charge in [0.2, 0.25) is 15.8 Å². The van der Waals surface area contributed by atoms with E-state index < -0.39 is 87.5 Å². The molecular weight excluding hydrogens is 597 g/mol. The average molecular weight is 617 g/mol. The van der Waals surface area contributed by atoms with Crippen LogP contribution in [0.25, 0.3) is 11.3 Å². The lowest BCUT2D eigenvalue weighted by Gasteiger charge is -2.26. The molecule has 0 aromatic carbocycles. The number of carbonyl (C=O) groups is 1. The van der Waals surface area contributed by atoms with Gasteiger partial charge in [0.15, 0.2) is 5.78 Å². The Morgan fingerprint density at radius 1 is 1.02 bits per heavy atom. The summed E-state index contributed by atoms with van der Waals surface area (Å²) in [5.41, 5.74) is -2.07. The number of nitriles is 1. The molecule has 1 aliphatic heterocycles. The monoisotopic (exact) mass is 616 g/mol. The first kappa shape index (κ1) is 30.9. The molecule has 222 valence electrons. The molecule has 0 bridgehead atoms. The van der Waals surface area contributed by atoms with Crippen LogP contribution in [0.3, 0.4) is 0 Å². The van der Waals surface area contributed by atoms with Gasteiger partial charge in [0.25, 0.3) is 0 Å². The van der Waals surface area contributed by atoms with Crippen LogP contribution in [0.1, 0.15) is 42.4 Å². The van der Waals surface area contributed by atoms with E-state index in [1.807, 2.05) is 0 Å². The second-order valence-electron chi connectivity index (χ2n) is 9.32. The topological polar surface area (TPSA) is 130 Å². The smallest absolute Gasteiger partial charge is 0.298 e. The second-order valence-corrected chi connectivity index (χ2v) is 11.2. The van der Waals surface area contributed by atoms with Crippen LogP contribution in [0.15, 0.2) is 47.9 Å². The third kappa shape index (κ3) is 6.23. The van der Waals surface area contributed by atoms with Crippen molar-refractivity contribution >= 4 is 15.8 Å². The number of rotatable bonds is 7. The lowest BCUT2D eigenvalue weighted by molar-refractivity contribution is -0.145. The highest BCUT2D eigenvalue weighted by molar-refractivity contribution is 7.89. The lowest BCUT2D eigenvalue weighted by atomic mass is 9.98. The molecule has 4 rings (SSSR count). The predicted octanol–water partition coefficient (Wildman–Crippen LogP) is 4.53. The molecule has 1 aliphatic rings. The molecule has 0 spiro atoms. The molecule has 0 radical (unpaired) electrons. The lowest BCUT2D eigenvalue weighted by Crippen LogP contribution is -2.44. The Morgan fingerprint density at radius 2 is 1.69 bits per heavy atom. The van der Waals surface area contributed by atoms with E-state index >= 15 is 0 Å². The summed E-state index contributed by atoms with van der Waals surface area (Å²) in [6.07, 6.45) is -10.4. The van der Waals surface area contributed by atoms with E-state index in [-0.39, 0.29) is 17.0 Å². The number of hydrogen-bond acceptors (Lipinski definition) is 8. The first-order valence-electron chi connectivity index (χ1n) is 12.1. The van der Waals surface area contributed by atoms with E-state index in [2.05, 4.69) is 19.9 Å². The normalized spacial score (nSPS) is 19.9. The molecule has 1 saturated heterocycles. The van der Waals surface area contributed by atoms with Gasteiger partial charge in [-0.1, -0.05) is 0 Å². The van der Waals surface area contributed by atoms with Crippen LogP contribution in [0.4, 0.5) is 30.7 Å². The van der Waals surface area contributed by atoms with Crippen molar-refractivity contribution < 1.29 is 43.9 Å². The summed E-state index contributed by atoms with van der Waals surface area (Å²) in [5.74, 6) is -2.31. The maximum Gasteiger partial charge on any atom is 0.451 e. The van der Waals surface area contributed by atoms with Crippen LogP contribution in [-0.2, 0) is 33.6 Å². The van der Waals surface area contributed by atoms with Gasteiger partial charge in [0, 0.05) is 43.2 Å². The van der Waals surface area contributed by atoms with Crippen LogP contribution >= 0.6 is 0 Å². The van der Waals surface area contributed by atoms with Gasteiger partial charge in [0.1, 0.15) is 22.8 Å². The Balaban J connectivity index is 1.61. The zero-order valence-corrected chi connectivity index (χ0v) is 22.2. The maximum absolute atomic E-state index is 14.7. The Hall–Kier alpha value is -4.04. The van der Waals surface area contributed by atoms with Crippen LogP contribution < -0.4 is 0 Å².